The van der Waals surface area contributed by atoms with E-state index in [1.54, 1.807) is 7.05 Å². The predicted octanol–water partition coefficient (Wildman–Crippen LogP) is 0.213. The fourth-order valence-electron chi connectivity index (χ4n) is 0.158. The predicted molar refractivity (Wildman–Crippen MR) is 26.5 cm³/mol. The van der Waals surface area contributed by atoms with Crippen LogP contribution >= 0.6 is 0 Å². The van der Waals surface area contributed by atoms with Crippen molar-refractivity contribution in [2.75, 3.05) is 7.05 Å². The van der Waals surface area contributed by atoms with Gasteiger partial charge in [-0.25, -0.2) is 11.0 Å². The Morgan fingerprint density at radius 3 is 2.86 bits per heavy atom. The molecule has 4 nitrogen and oxygen atoms in total. The second kappa shape index (κ2) is 5.10. The van der Waals surface area contributed by atoms with Gasteiger partial charge in [0.15, 0.2) is 0 Å². The average molecular weight is 100 g/mol. The molecular weight excluding hydrogens is 92.1 g/mol. The van der Waals surface area contributed by atoms with Gasteiger partial charge in [0.05, 0.1) is 6.20 Å². The molecule has 0 heterocycles. The fourth-order valence-corrected chi connectivity index (χ4v) is 0.158. The maximum absolute atomic E-state index is 6.25. The Hall–Kier alpha value is -0.900. The van der Waals surface area contributed by atoms with Gasteiger partial charge in [0.1, 0.15) is 0 Å². The van der Waals surface area contributed by atoms with Crippen LogP contribution in [0.5, 0.6) is 0 Å². The van der Waals surface area contributed by atoms with E-state index in [2.05, 4.69) is 16.0 Å². The molecule has 7 heavy (non-hydrogen) atoms. The first kappa shape index (κ1) is 6.10. The van der Waals surface area contributed by atoms with Gasteiger partial charge in [0.2, 0.25) is 0 Å². The molecule has 0 bridgehead atoms. The third-order valence-electron chi connectivity index (χ3n) is 0.377. The third kappa shape index (κ3) is 5.10. The van der Waals surface area contributed by atoms with Gasteiger partial charge < -0.3 is 5.43 Å². The molecule has 40 valence electrons. The van der Waals surface area contributed by atoms with E-state index in [1.165, 1.54) is 12.4 Å². The smallest absolute Gasteiger partial charge is 0.0659 e. The summed E-state index contributed by atoms with van der Waals surface area (Å²) in [7, 11) is 1.73. The minimum Gasteiger partial charge on any atom is -0.327 e. The van der Waals surface area contributed by atoms with Crippen molar-refractivity contribution in [3.8, 4) is 0 Å². The third-order valence-corrected chi connectivity index (χ3v) is 0.377. The molecule has 0 spiro atoms. The van der Waals surface area contributed by atoms with Crippen LogP contribution in [0, 0.1) is 5.53 Å². The second-order valence-electron chi connectivity index (χ2n) is 0.839. The van der Waals surface area contributed by atoms with Crippen LogP contribution in [0.25, 0.3) is 0 Å². The minimum absolute atomic E-state index is 1.33. The topological polar surface area (TPSA) is 60.3 Å². The molecule has 0 radical (unpaired) electrons. The van der Waals surface area contributed by atoms with E-state index in [1.807, 2.05) is 0 Å². The summed E-state index contributed by atoms with van der Waals surface area (Å²) in [6.45, 7) is 0. The summed E-state index contributed by atoms with van der Waals surface area (Å²) >= 11 is 0. The first-order valence-electron chi connectivity index (χ1n) is 1.85. The van der Waals surface area contributed by atoms with E-state index in [9.17, 15) is 0 Å². The standard InChI is InChI=1S/C3H8N4/c1-5-7-3-2-6-4/h2-5,7H,1H3/b3-2-,6-4?. The van der Waals surface area contributed by atoms with Gasteiger partial charge in [0, 0.05) is 13.2 Å². The highest BCUT2D eigenvalue weighted by atomic mass is 15.3. The summed E-state index contributed by atoms with van der Waals surface area (Å²) in [5.41, 5.74) is 11.5. The van der Waals surface area contributed by atoms with Crippen LogP contribution in [0.15, 0.2) is 17.5 Å². The van der Waals surface area contributed by atoms with Gasteiger partial charge in [-0.3, -0.25) is 0 Å². The van der Waals surface area contributed by atoms with E-state index < -0.39 is 0 Å². The van der Waals surface area contributed by atoms with Crippen molar-refractivity contribution in [2.45, 2.75) is 0 Å². The molecule has 0 aliphatic carbocycles. The number of hydrogen-bond donors (Lipinski definition) is 3. The highest BCUT2D eigenvalue weighted by Crippen LogP contribution is 1.62. The minimum atomic E-state index is 1.33. The number of rotatable bonds is 3. The number of hydrogen-bond acceptors (Lipinski definition) is 4. The maximum atomic E-state index is 6.25. The molecule has 0 unspecified atom stereocenters. The van der Waals surface area contributed by atoms with Crippen LogP contribution in [0.2, 0.25) is 0 Å². The van der Waals surface area contributed by atoms with Crippen molar-refractivity contribution in [1.82, 2.24) is 10.9 Å². The van der Waals surface area contributed by atoms with E-state index in [-0.39, 0.29) is 0 Å². The van der Waals surface area contributed by atoms with E-state index in [4.69, 9.17) is 5.53 Å². The largest absolute Gasteiger partial charge is 0.327 e. The Morgan fingerprint density at radius 2 is 2.43 bits per heavy atom. The summed E-state index contributed by atoms with van der Waals surface area (Å²) in [5, 5.41) is 2.94. The first-order chi connectivity index (χ1) is 3.41. The molecule has 0 saturated carbocycles. The number of hydrazine groups is 1. The second-order valence-corrected chi connectivity index (χ2v) is 0.839. The maximum Gasteiger partial charge on any atom is 0.0659 e. The highest BCUT2D eigenvalue weighted by Gasteiger charge is 1.58. The van der Waals surface area contributed by atoms with E-state index in [0.717, 1.165) is 0 Å². The molecule has 0 atom stereocenters. The zero-order valence-corrected chi connectivity index (χ0v) is 4.10. The van der Waals surface area contributed by atoms with Gasteiger partial charge >= 0.3 is 0 Å². The van der Waals surface area contributed by atoms with Gasteiger partial charge in [0.25, 0.3) is 0 Å². The zero-order chi connectivity index (χ0) is 5.54. The van der Waals surface area contributed by atoms with Gasteiger partial charge in [-0.1, -0.05) is 0 Å². The zero-order valence-electron chi connectivity index (χ0n) is 4.10. The van der Waals surface area contributed by atoms with Gasteiger partial charge in [-0.2, -0.15) is 5.11 Å². The van der Waals surface area contributed by atoms with Crippen LogP contribution in [0.1, 0.15) is 0 Å². The molecule has 0 amide bonds. The molecule has 0 fully saturated rings. The monoisotopic (exact) mass is 100 g/mol. The van der Waals surface area contributed by atoms with Crippen LogP contribution in [-0.4, -0.2) is 7.05 Å². The van der Waals surface area contributed by atoms with Crippen molar-refractivity contribution < 1.29 is 0 Å². The van der Waals surface area contributed by atoms with Crippen LogP contribution in [0.4, 0.5) is 0 Å². The van der Waals surface area contributed by atoms with Crippen LogP contribution in [-0.2, 0) is 0 Å². The van der Waals surface area contributed by atoms with Crippen molar-refractivity contribution in [1.29, 1.82) is 5.53 Å². The van der Waals surface area contributed by atoms with Crippen LogP contribution < -0.4 is 10.9 Å². The lowest BCUT2D eigenvalue weighted by Crippen LogP contribution is -2.20. The molecule has 4 heteroatoms. The Bertz CT molecular complexity index is 67.3. The summed E-state index contributed by atoms with van der Waals surface area (Å²) < 4.78 is 0. The Labute approximate surface area is 42.1 Å². The van der Waals surface area contributed by atoms with E-state index in [0.29, 0.717) is 0 Å². The lowest BCUT2D eigenvalue weighted by Gasteiger charge is -1.88. The fraction of sp³-hybridized carbons (Fsp3) is 0.333. The van der Waals surface area contributed by atoms with Crippen molar-refractivity contribution in [3.63, 3.8) is 0 Å². The lowest BCUT2D eigenvalue weighted by molar-refractivity contribution is 0.728. The quantitative estimate of drug-likeness (QED) is 0.351. The number of nitrogens with one attached hydrogen (secondary N) is 3. The lowest BCUT2D eigenvalue weighted by atomic mass is 10.9. The number of nitrogens with zero attached hydrogens (tertiary/aromatic N) is 1. The normalized spacial score (nSPS) is 9.29. The highest BCUT2D eigenvalue weighted by molar-refractivity contribution is 4.71. The van der Waals surface area contributed by atoms with Crippen molar-refractivity contribution >= 4 is 0 Å². The van der Waals surface area contributed by atoms with Crippen molar-refractivity contribution in [2.24, 2.45) is 5.11 Å². The molecule has 0 saturated heterocycles. The summed E-state index contributed by atoms with van der Waals surface area (Å²) in [6.07, 6.45) is 2.85. The van der Waals surface area contributed by atoms with Gasteiger partial charge in [-0.15, -0.1) is 0 Å². The molecule has 0 aromatic carbocycles. The summed E-state index contributed by atoms with van der Waals surface area (Å²) in [6, 6.07) is 0. The summed E-state index contributed by atoms with van der Waals surface area (Å²) in [5.74, 6) is 0. The first-order valence-corrected chi connectivity index (χ1v) is 1.85. The average Bonchev–Trinajstić information content (AvgIpc) is 1.69. The molecule has 0 aromatic heterocycles. The molecule has 0 aromatic rings. The molecule has 3 N–H and O–H groups in total. The Kier molecular flexibility index (Phi) is 4.44. The van der Waals surface area contributed by atoms with Crippen molar-refractivity contribution in [3.05, 3.63) is 12.4 Å². The molecule has 0 aliphatic heterocycles. The molecule has 0 rings (SSSR count). The van der Waals surface area contributed by atoms with Gasteiger partial charge in [-0.05, 0) is 0 Å². The summed E-state index contributed by atoms with van der Waals surface area (Å²) in [4.78, 5) is 0. The Balaban J connectivity index is 2.92. The van der Waals surface area contributed by atoms with Crippen LogP contribution in [0.3, 0.4) is 0 Å². The Morgan fingerprint density at radius 1 is 1.71 bits per heavy atom. The molecule has 0 aliphatic rings. The molecular formula is C3H8N4. The SMILES string of the molecule is CNN/C=C\N=N. The van der Waals surface area contributed by atoms with E-state index >= 15 is 0 Å².